The third-order valence-electron chi connectivity index (χ3n) is 4.60. The quantitative estimate of drug-likeness (QED) is 0.792. The van der Waals surface area contributed by atoms with Gasteiger partial charge in [-0.15, -0.1) is 0 Å². The van der Waals surface area contributed by atoms with Gasteiger partial charge in [-0.25, -0.2) is 0 Å². The number of rotatable bonds is 5. The summed E-state index contributed by atoms with van der Waals surface area (Å²) < 4.78 is 5.47. The Morgan fingerprint density at radius 2 is 2.14 bits per heavy atom. The molecule has 1 aliphatic heterocycles. The minimum Gasteiger partial charge on any atom is -0.381 e. The molecule has 1 saturated heterocycles. The lowest BCUT2D eigenvalue weighted by molar-refractivity contribution is 0.0853. The van der Waals surface area contributed by atoms with Crippen molar-refractivity contribution in [2.24, 2.45) is 5.73 Å². The van der Waals surface area contributed by atoms with Gasteiger partial charge in [-0.05, 0) is 50.3 Å². The monoisotopic (exact) mass is 302 g/mol. The van der Waals surface area contributed by atoms with Crippen molar-refractivity contribution in [3.8, 4) is 0 Å². The molecule has 0 bridgehead atoms. The van der Waals surface area contributed by atoms with Crippen LogP contribution in [0.2, 0.25) is 0 Å². The zero-order valence-electron chi connectivity index (χ0n) is 13.5. The van der Waals surface area contributed by atoms with Crippen LogP contribution in [-0.2, 0) is 11.3 Å². The number of nitrogens with two attached hydrogens (primary N) is 1. The van der Waals surface area contributed by atoms with E-state index in [9.17, 15) is 0 Å². The van der Waals surface area contributed by atoms with Gasteiger partial charge >= 0.3 is 0 Å². The van der Waals surface area contributed by atoms with Crippen molar-refractivity contribution in [2.45, 2.75) is 44.7 Å². The number of hydrogen-bond acceptors (Lipinski definition) is 4. The van der Waals surface area contributed by atoms with Crippen LogP contribution < -0.4 is 11.1 Å². The maximum absolute atomic E-state index is 5.78. The Morgan fingerprint density at radius 1 is 1.36 bits per heavy atom. The van der Waals surface area contributed by atoms with E-state index in [1.807, 2.05) is 0 Å². The number of H-pyrrole nitrogens is 1. The Bertz CT molecular complexity index is 629. The van der Waals surface area contributed by atoms with Crippen LogP contribution in [0.1, 0.15) is 43.9 Å². The minimum absolute atomic E-state index is 0.0798. The van der Waals surface area contributed by atoms with Gasteiger partial charge in [0.05, 0.1) is 11.2 Å². The van der Waals surface area contributed by atoms with E-state index < -0.39 is 0 Å². The van der Waals surface area contributed by atoms with Crippen LogP contribution in [0.3, 0.4) is 0 Å². The number of ether oxygens (including phenoxy) is 1. The molecular weight excluding hydrogens is 276 g/mol. The lowest BCUT2D eigenvalue weighted by atomic mass is 9.91. The molecule has 5 nitrogen and oxygen atoms in total. The first kappa shape index (κ1) is 15.5. The van der Waals surface area contributed by atoms with E-state index in [2.05, 4.69) is 47.6 Å². The highest BCUT2D eigenvalue weighted by Gasteiger charge is 2.19. The minimum atomic E-state index is -0.0798. The largest absolute Gasteiger partial charge is 0.381 e. The van der Waals surface area contributed by atoms with Gasteiger partial charge in [0, 0.05) is 37.2 Å². The van der Waals surface area contributed by atoms with Gasteiger partial charge in [-0.2, -0.15) is 5.10 Å². The Kier molecular flexibility index (Phi) is 4.47. The molecular formula is C17H26N4O. The highest BCUT2D eigenvalue weighted by Crippen LogP contribution is 2.29. The maximum atomic E-state index is 5.78. The summed E-state index contributed by atoms with van der Waals surface area (Å²) in [5.74, 6) is 0.606. The molecule has 1 aromatic carbocycles. The first-order valence-corrected chi connectivity index (χ1v) is 8.09. The van der Waals surface area contributed by atoms with Crippen molar-refractivity contribution >= 4 is 10.9 Å². The maximum Gasteiger partial charge on any atom is 0.0838 e. The molecule has 0 saturated carbocycles. The number of nitrogens with zero attached hydrogens (tertiary/aromatic N) is 1. The molecule has 22 heavy (non-hydrogen) atoms. The second-order valence-corrected chi connectivity index (χ2v) is 6.80. The first-order chi connectivity index (χ1) is 10.6. The average molecular weight is 302 g/mol. The van der Waals surface area contributed by atoms with E-state index in [0.29, 0.717) is 12.5 Å². The lowest BCUT2D eigenvalue weighted by Gasteiger charge is -2.24. The number of benzene rings is 1. The SMILES string of the molecule is CC(C)(CN)NCc1n[nH]c2ccc(C3CCOCC3)cc12. The van der Waals surface area contributed by atoms with Crippen LogP contribution in [0.4, 0.5) is 0 Å². The third-order valence-corrected chi connectivity index (χ3v) is 4.60. The van der Waals surface area contributed by atoms with E-state index in [0.717, 1.165) is 43.8 Å². The van der Waals surface area contributed by atoms with Crippen LogP contribution in [0.5, 0.6) is 0 Å². The topological polar surface area (TPSA) is 76.0 Å². The van der Waals surface area contributed by atoms with Gasteiger partial charge in [0.2, 0.25) is 0 Å². The summed E-state index contributed by atoms with van der Waals surface area (Å²) >= 11 is 0. The number of fused-ring (bicyclic) bond motifs is 1. The number of aromatic nitrogens is 2. The summed E-state index contributed by atoms with van der Waals surface area (Å²) in [6, 6.07) is 6.66. The van der Waals surface area contributed by atoms with Crippen molar-refractivity contribution in [2.75, 3.05) is 19.8 Å². The smallest absolute Gasteiger partial charge is 0.0838 e. The molecule has 2 heterocycles. The molecule has 0 unspecified atom stereocenters. The predicted octanol–water partition coefficient (Wildman–Crippen LogP) is 2.28. The van der Waals surface area contributed by atoms with E-state index in [1.54, 1.807) is 0 Å². The van der Waals surface area contributed by atoms with Gasteiger partial charge in [-0.1, -0.05) is 6.07 Å². The normalized spacial score (nSPS) is 17.2. The molecule has 0 radical (unpaired) electrons. The van der Waals surface area contributed by atoms with Gasteiger partial charge < -0.3 is 15.8 Å². The molecule has 1 aromatic heterocycles. The molecule has 0 atom stereocenters. The molecule has 120 valence electrons. The highest BCUT2D eigenvalue weighted by molar-refractivity contribution is 5.82. The molecule has 0 amide bonds. The van der Waals surface area contributed by atoms with Gasteiger partial charge in [0.25, 0.3) is 0 Å². The molecule has 1 aliphatic rings. The van der Waals surface area contributed by atoms with Crippen LogP contribution in [-0.4, -0.2) is 35.5 Å². The molecule has 0 spiro atoms. The van der Waals surface area contributed by atoms with Gasteiger partial charge in [0.1, 0.15) is 0 Å². The zero-order chi connectivity index (χ0) is 15.6. The van der Waals surface area contributed by atoms with Crippen LogP contribution in [0, 0.1) is 0 Å². The summed E-state index contributed by atoms with van der Waals surface area (Å²) in [6.07, 6.45) is 2.22. The second-order valence-electron chi connectivity index (χ2n) is 6.80. The average Bonchev–Trinajstić information content (AvgIpc) is 2.96. The Balaban J connectivity index is 1.82. The van der Waals surface area contributed by atoms with E-state index >= 15 is 0 Å². The fourth-order valence-corrected chi connectivity index (χ4v) is 2.90. The summed E-state index contributed by atoms with van der Waals surface area (Å²) in [5.41, 5.74) is 9.25. The highest BCUT2D eigenvalue weighted by atomic mass is 16.5. The van der Waals surface area contributed by atoms with E-state index in [4.69, 9.17) is 10.5 Å². The molecule has 2 aromatic rings. The Labute approximate surface area is 131 Å². The van der Waals surface area contributed by atoms with E-state index in [1.165, 1.54) is 10.9 Å². The van der Waals surface area contributed by atoms with Crippen molar-refractivity contribution in [1.29, 1.82) is 0 Å². The zero-order valence-corrected chi connectivity index (χ0v) is 13.5. The Hall–Kier alpha value is -1.43. The first-order valence-electron chi connectivity index (χ1n) is 8.09. The second kappa shape index (κ2) is 6.36. The fraction of sp³-hybridized carbons (Fsp3) is 0.588. The predicted molar refractivity (Wildman–Crippen MR) is 88.9 cm³/mol. The summed E-state index contributed by atoms with van der Waals surface area (Å²) in [5, 5.41) is 12.3. The standard InChI is InChI=1S/C17H26N4O/c1-17(2,11-18)19-10-16-14-9-13(3-4-15(14)20-21-16)12-5-7-22-8-6-12/h3-4,9,12,19H,5-8,10-11,18H2,1-2H3,(H,20,21). The lowest BCUT2D eigenvalue weighted by Crippen LogP contribution is -2.45. The van der Waals surface area contributed by atoms with Gasteiger partial charge in [-0.3, -0.25) is 5.10 Å². The van der Waals surface area contributed by atoms with Crippen molar-refractivity contribution in [1.82, 2.24) is 15.5 Å². The summed E-state index contributed by atoms with van der Waals surface area (Å²) in [4.78, 5) is 0. The number of aromatic amines is 1. The molecule has 0 aliphatic carbocycles. The molecule has 5 heteroatoms. The fourth-order valence-electron chi connectivity index (χ4n) is 2.90. The van der Waals surface area contributed by atoms with Crippen LogP contribution >= 0.6 is 0 Å². The van der Waals surface area contributed by atoms with Crippen LogP contribution in [0.25, 0.3) is 10.9 Å². The third kappa shape index (κ3) is 3.32. The van der Waals surface area contributed by atoms with Crippen molar-refractivity contribution < 1.29 is 4.74 Å². The summed E-state index contributed by atoms with van der Waals surface area (Å²) in [7, 11) is 0. The molecule has 3 rings (SSSR count). The number of nitrogens with one attached hydrogen (secondary N) is 2. The van der Waals surface area contributed by atoms with Crippen molar-refractivity contribution in [3.63, 3.8) is 0 Å². The van der Waals surface area contributed by atoms with Crippen LogP contribution in [0.15, 0.2) is 18.2 Å². The molecule has 4 N–H and O–H groups in total. The molecule has 1 fully saturated rings. The summed E-state index contributed by atoms with van der Waals surface area (Å²) in [6.45, 7) is 7.27. The van der Waals surface area contributed by atoms with Crippen molar-refractivity contribution in [3.05, 3.63) is 29.5 Å². The number of hydrogen-bond donors (Lipinski definition) is 3. The van der Waals surface area contributed by atoms with E-state index in [-0.39, 0.29) is 5.54 Å². The van der Waals surface area contributed by atoms with Gasteiger partial charge in [0.15, 0.2) is 0 Å². The Morgan fingerprint density at radius 3 is 2.86 bits per heavy atom.